The van der Waals surface area contributed by atoms with Gasteiger partial charge in [-0.25, -0.2) is 8.37 Å². The van der Waals surface area contributed by atoms with Crippen LogP contribution in [0.3, 0.4) is 0 Å². The molecule has 0 aromatic heterocycles. The van der Waals surface area contributed by atoms with Crippen molar-refractivity contribution in [3.05, 3.63) is 23.8 Å². The molecule has 5 heterocycles. The maximum atomic E-state index is 14.7. The van der Waals surface area contributed by atoms with Crippen LogP contribution < -0.4 is 0 Å². The molecule has 1 spiro atoms. The molecule has 30 heteroatoms. The Kier molecular flexibility index (Phi) is 19.4. The van der Waals surface area contributed by atoms with Gasteiger partial charge in [-0.1, -0.05) is 44.9 Å². The second kappa shape index (κ2) is 24.6. The molecular weight excluding hydrogens is 1170 g/mol. The molecule has 27 atom stereocenters. The average molecular weight is 1260 g/mol. The fourth-order valence-corrected chi connectivity index (χ4v) is 17.3. The zero-order valence-electron chi connectivity index (χ0n) is 49.1. The SMILES string of the molecule is C=C(C)CCCC1(C)OC(=O)C23CCC4C(=CCC5C(C)(C)C(OC6OCC(OS(=O)(=O)O)C(O)C6OC6OC(C)C(OC7OCC(O)C(OC8OC(COS(=O)(=O)O)C(O)C(OC)C8O)C7O)C(O)C6O)CCC45C)C2(C)CC(OC(C)=O)C13. The lowest BCUT2D eigenvalue weighted by Crippen LogP contribution is -2.65. The van der Waals surface area contributed by atoms with Gasteiger partial charge >= 0.3 is 32.7 Å². The van der Waals surface area contributed by atoms with E-state index in [0.717, 1.165) is 25.5 Å². The molecule has 8 fully saturated rings. The van der Waals surface area contributed by atoms with Gasteiger partial charge in [-0.2, -0.15) is 16.8 Å². The summed E-state index contributed by atoms with van der Waals surface area (Å²) in [7, 11) is -9.10. The number of ether oxygens (including phenoxy) is 11. The highest BCUT2D eigenvalue weighted by Crippen LogP contribution is 2.77. The quantitative estimate of drug-likeness (QED) is 0.0481. The first-order valence-corrected chi connectivity index (χ1v) is 31.7. The highest BCUT2D eigenvalue weighted by molar-refractivity contribution is 7.81. The minimum Gasteiger partial charge on any atom is -0.462 e. The zero-order valence-corrected chi connectivity index (χ0v) is 50.8. The number of rotatable bonds is 19. The predicted octanol–water partition coefficient (Wildman–Crippen LogP) is 0.447. The van der Waals surface area contributed by atoms with Crippen LogP contribution in [-0.2, 0) is 90.9 Å². The third-order valence-corrected chi connectivity index (χ3v) is 21.4. The van der Waals surface area contributed by atoms with Gasteiger partial charge in [0.05, 0.1) is 43.4 Å². The Morgan fingerprint density at radius 1 is 0.741 bits per heavy atom. The molecule has 0 bridgehead atoms. The molecule has 0 radical (unpaired) electrons. The van der Waals surface area contributed by atoms with Gasteiger partial charge < -0.3 is 87.9 Å². The molecule has 0 amide bonds. The maximum absolute atomic E-state index is 14.7. The Labute approximate surface area is 494 Å². The number of hydrogen-bond acceptors (Lipinski definition) is 26. The van der Waals surface area contributed by atoms with Crippen LogP contribution in [0, 0.1) is 39.4 Å². The van der Waals surface area contributed by atoms with Gasteiger partial charge in [-0.15, -0.1) is 6.58 Å². The van der Waals surface area contributed by atoms with Crippen LogP contribution in [-0.4, -0.2) is 229 Å². The normalized spacial score (nSPS) is 48.0. The number of aliphatic hydroxyl groups excluding tert-OH is 7. The average Bonchev–Trinajstić information content (AvgIpc) is 1.53. The molecule has 4 aliphatic carbocycles. The lowest BCUT2D eigenvalue weighted by molar-refractivity contribution is -0.382. The van der Waals surface area contributed by atoms with E-state index in [1.54, 1.807) is 0 Å². The first kappa shape index (κ1) is 66.9. The Morgan fingerprint density at radius 2 is 1.39 bits per heavy atom. The van der Waals surface area contributed by atoms with Crippen LogP contribution in [0.1, 0.15) is 113 Å². The summed E-state index contributed by atoms with van der Waals surface area (Å²) in [5, 5.41) is 79.1. The Balaban J connectivity index is 0.898. The number of carbonyl (C=O) groups excluding carboxylic acids is 2. The van der Waals surface area contributed by atoms with Crippen molar-refractivity contribution in [1.29, 1.82) is 0 Å². The Morgan fingerprint density at radius 3 is 2.04 bits per heavy atom. The first-order valence-electron chi connectivity index (χ1n) is 29.0. The van der Waals surface area contributed by atoms with Gasteiger partial charge in [0.25, 0.3) is 0 Å². The Bertz CT molecular complexity index is 2710. The van der Waals surface area contributed by atoms with Crippen molar-refractivity contribution in [2.24, 2.45) is 39.4 Å². The third-order valence-electron chi connectivity index (χ3n) is 20.4. The van der Waals surface area contributed by atoms with Gasteiger partial charge in [0.2, 0.25) is 0 Å². The van der Waals surface area contributed by atoms with Crippen LogP contribution >= 0.6 is 0 Å². The fourth-order valence-electron chi connectivity index (χ4n) is 16.5. The van der Waals surface area contributed by atoms with E-state index in [2.05, 4.69) is 44.5 Å². The summed E-state index contributed by atoms with van der Waals surface area (Å²) in [5.41, 5.74) is -1.28. The van der Waals surface area contributed by atoms with Crippen molar-refractivity contribution in [2.75, 3.05) is 26.9 Å². The molecule has 5 aliphatic heterocycles. The van der Waals surface area contributed by atoms with Crippen molar-refractivity contribution in [1.82, 2.24) is 0 Å². The van der Waals surface area contributed by atoms with Crippen LogP contribution in [0.4, 0.5) is 0 Å². The lowest BCUT2D eigenvalue weighted by Gasteiger charge is -2.64. The molecule has 9 aliphatic rings. The third kappa shape index (κ3) is 12.4. The van der Waals surface area contributed by atoms with E-state index in [1.165, 1.54) is 19.4 Å². The van der Waals surface area contributed by atoms with Gasteiger partial charge in [0, 0.05) is 19.4 Å². The number of hydrogen-bond donors (Lipinski definition) is 9. The molecule has 28 nitrogen and oxygen atoms in total. The minimum absolute atomic E-state index is 0.0218. The lowest BCUT2D eigenvalue weighted by atomic mass is 9.41. The molecule has 0 aromatic rings. The van der Waals surface area contributed by atoms with E-state index >= 15 is 0 Å². The van der Waals surface area contributed by atoms with Crippen molar-refractivity contribution < 1.29 is 132 Å². The Hall–Kier alpha value is -2.48. The zero-order chi connectivity index (χ0) is 62.5. The van der Waals surface area contributed by atoms with Gasteiger partial charge in [-0.3, -0.25) is 18.7 Å². The number of carbonyl (C=O) groups is 2. The number of fused-ring (bicyclic) bond motifs is 4. The van der Waals surface area contributed by atoms with E-state index in [4.69, 9.17) is 60.8 Å². The molecular formula is C55H86O28S2. The highest BCUT2D eigenvalue weighted by atomic mass is 32.3. The molecule has 85 heavy (non-hydrogen) atoms. The number of aliphatic hydroxyl groups is 7. The van der Waals surface area contributed by atoms with Gasteiger partial charge in [0.1, 0.15) is 91.1 Å². The molecule has 486 valence electrons. The van der Waals surface area contributed by atoms with Gasteiger partial charge in [0.15, 0.2) is 25.2 Å². The van der Waals surface area contributed by atoms with E-state index in [9.17, 15) is 66.7 Å². The number of methoxy groups -OCH3 is 1. The second-order valence-electron chi connectivity index (χ2n) is 26.1. The largest absolute Gasteiger partial charge is 0.462 e. The summed E-state index contributed by atoms with van der Waals surface area (Å²) in [6.45, 7) is 17.2. The van der Waals surface area contributed by atoms with Crippen molar-refractivity contribution in [3.8, 4) is 0 Å². The number of allylic oxidation sites excluding steroid dienone is 3. The van der Waals surface area contributed by atoms with Crippen molar-refractivity contribution in [2.45, 2.75) is 242 Å². The fraction of sp³-hybridized carbons (Fsp3) is 0.891. The van der Waals surface area contributed by atoms with E-state index < -0.39 is 191 Å². The van der Waals surface area contributed by atoms with Crippen LogP contribution in [0.2, 0.25) is 0 Å². The van der Waals surface area contributed by atoms with Crippen LogP contribution in [0.15, 0.2) is 23.8 Å². The summed E-state index contributed by atoms with van der Waals surface area (Å²) >= 11 is 0. The van der Waals surface area contributed by atoms with E-state index in [0.29, 0.717) is 44.9 Å². The maximum Gasteiger partial charge on any atom is 0.397 e. The molecule has 0 aromatic carbocycles. The molecule has 27 unspecified atom stereocenters. The van der Waals surface area contributed by atoms with Crippen LogP contribution in [0.25, 0.3) is 0 Å². The number of esters is 2. The van der Waals surface area contributed by atoms with Crippen molar-refractivity contribution >= 4 is 32.7 Å². The van der Waals surface area contributed by atoms with E-state index in [-0.39, 0.29) is 29.1 Å². The summed E-state index contributed by atoms with van der Waals surface area (Å²) < 4.78 is 140. The minimum atomic E-state index is -5.19. The van der Waals surface area contributed by atoms with Gasteiger partial charge in [-0.05, 0) is 101 Å². The predicted molar refractivity (Wildman–Crippen MR) is 286 cm³/mol. The second-order valence-corrected chi connectivity index (χ2v) is 28.3. The topological polar surface area (TPSA) is 404 Å². The summed E-state index contributed by atoms with van der Waals surface area (Å²) in [6, 6.07) is 0. The van der Waals surface area contributed by atoms with Crippen molar-refractivity contribution in [3.63, 3.8) is 0 Å². The molecule has 5 saturated heterocycles. The molecule has 3 saturated carbocycles. The first-order chi connectivity index (χ1) is 39.5. The molecule has 9 rings (SSSR count). The monoisotopic (exact) mass is 1260 g/mol. The summed E-state index contributed by atoms with van der Waals surface area (Å²) in [5.74, 6) is -1.05. The summed E-state index contributed by atoms with van der Waals surface area (Å²) in [6.07, 6.45) is -24.6. The molecule has 9 N–H and O–H groups in total. The summed E-state index contributed by atoms with van der Waals surface area (Å²) in [4.78, 5) is 27.4. The van der Waals surface area contributed by atoms with Crippen LogP contribution in [0.5, 0.6) is 0 Å². The smallest absolute Gasteiger partial charge is 0.397 e. The highest BCUT2D eigenvalue weighted by Gasteiger charge is 2.79. The number of cyclic esters (lactones) is 1. The standard InChI is InChI=1S/C55H86O28S2/c1-24(2)12-11-17-54(9)45-30(76-26(4)56)20-53(8)28-13-14-33-51(5,6)34(16-18-52(33,7)27(28)15-19-55(45,53)50(64)82-54)78-49-44(36(59)32(22-73-49)83-85(68,69)70)81-47-38(61)37(60)41(25(3)75-47)79-46-39(62)42(29(57)21-72-46)80-48-40(63)43(71-10)35(58)31(77-48)23-74-84(65,66)67/h13,25,27,29-49,57-63H,1,11-12,14-23H2,2-10H3,(H,65,66,67)(H,68,69,70). The van der Waals surface area contributed by atoms with E-state index in [1.807, 2.05) is 13.8 Å².